The Morgan fingerprint density at radius 2 is 1.70 bits per heavy atom. The van der Waals surface area contributed by atoms with Crippen molar-refractivity contribution in [3.05, 3.63) is 71.8 Å². The van der Waals surface area contributed by atoms with E-state index >= 15 is 0 Å². The molecule has 11 heteroatoms. The number of aromatic nitrogens is 3. The standard InChI is InChI=1S/C19H12F3N5O3/c20-19(21,22)11-5-6-15(27-10-23-9-24-27)14(7-11)25-16(28)8-26-17(29)12-3-1-2-4-13(12)18(26)30/h1-7,9-10H,8H2,(H,25,28). The molecule has 2 heterocycles. The SMILES string of the molecule is O=C(CN1C(=O)c2ccccc2C1=O)Nc1cc(C(F)(F)F)ccc1-n1cncn1. The fourth-order valence-corrected chi connectivity index (χ4v) is 3.06. The third-order valence-electron chi connectivity index (χ3n) is 4.44. The van der Waals surface area contributed by atoms with Gasteiger partial charge in [0.2, 0.25) is 5.91 Å². The number of hydrogen-bond acceptors (Lipinski definition) is 5. The van der Waals surface area contributed by atoms with Crippen LogP contribution < -0.4 is 5.32 Å². The van der Waals surface area contributed by atoms with Gasteiger partial charge in [0.25, 0.3) is 11.8 Å². The van der Waals surface area contributed by atoms with E-state index in [-0.39, 0.29) is 22.5 Å². The van der Waals surface area contributed by atoms with Gasteiger partial charge in [-0.15, -0.1) is 0 Å². The van der Waals surface area contributed by atoms with Crippen molar-refractivity contribution in [3.8, 4) is 5.69 Å². The van der Waals surface area contributed by atoms with Gasteiger partial charge in [-0.25, -0.2) is 9.67 Å². The Bertz CT molecular complexity index is 1120. The van der Waals surface area contributed by atoms with Crippen LogP contribution >= 0.6 is 0 Å². The van der Waals surface area contributed by atoms with E-state index in [4.69, 9.17) is 0 Å². The van der Waals surface area contributed by atoms with Gasteiger partial charge in [0.1, 0.15) is 19.2 Å². The van der Waals surface area contributed by atoms with Gasteiger partial charge >= 0.3 is 6.18 Å². The molecule has 1 aromatic heterocycles. The Labute approximate surface area is 166 Å². The van der Waals surface area contributed by atoms with Gasteiger partial charge in [0, 0.05) is 0 Å². The fraction of sp³-hybridized carbons (Fsp3) is 0.105. The lowest BCUT2D eigenvalue weighted by Gasteiger charge is -2.17. The smallest absolute Gasteiger partial charge is 0.323 e. The topological polar surface area (TPSA) is 97.2 Å². The molecule has 0 saturated carbocycles. The molecule has 0 radical (unpaired) electrons. The quantitative estimate of drug-likeness (QED) is 0.661. The number of halogens is 3. The monoisotopic (exact) mass is 415 g/mol. The van der Waals surface area contributed by atoms with E-state index in [0.29, 0.717) is 0 Å². The van der Waals surface area contributed by atoms with Crippen LogP contribution in [-0.4, -0.2) is 43.9 Å². The summed E-state index contributed by atoms with van der Waals surface area (Å²) in [5.41, 5.74) is -0.717. The van der Waals surface area contributed by atoms with Gasteiger partial charge < -0.3 is 5.32 Å². The minimum atomic E-state index is -4.64. The molecular formula is C19H12F3N5O3. The van der Waals surface area contributed by atoms with Crippen molar-refractivity contribution in [1.82, 2.24) is 19.7 Å². The van der Waals surface area contributed by atoms with Gasteiger partial charge in [-0.05, 0) is 30.3 Å². The largest absolute Gasteiger partial charge is 0.416 e. The summed E-state index contributed by atoms with van der Waals surface area (Å²) in [6, 6.07) is 8.82. The van der Waals surface area contributed by atoms with Crippen molar-refractivity contribution in [2.45, 2.75) is 6.18 Å². The second-order valence-electron chi connectivity index (χ2n) is 6.36. The van der Waals surface area contributed by atoms with E-state index in [0.717, 1.165) is 23.1 Å². The van der Waals surface area contributed by atoms with Gasteiger partial charge in [-0.1, -0.05) is 12.1 Å². The molecule has 1 N–H and O–H groups in total. The van der Waals surface area contributed by atoms with Gasteiger partial charge in [-0.2, -0.15) is 18.3 Å². The first kappa shape index (κ1) is 19.3. The molecule has 0 unspecified atom stereocenters. The first-order chi connectivity index (χ1) is 14.3. The minimum absolute atomic E-state index is 0.135. The number of fused-ring (bicyclic) bond motifs is 1. The molecule has 1 aliphatic heterocycles. The molecular weight excluding hydrogens is 403 g/mol. The highest BCUT2D eigenvalue weighted by atomic mass is 19.4. The number of nitrogens with one attached hydrogen (secondary N) is 1. The molecule has 0 fully saturated rings. The summed E-state index contributed by atoms with van der Waals surface area (Å²) >= 11 is 0. The second kappa shape index (κ2) is 7.10. The molecule has 30 heavy (non-hydrogen) atoms. The number of nitrogens with zero attached hydrogens (tertiary/aromatic N) is 4. The molecule has 0 atom stereocenters. The van der Waals surface area contributed by atoms with Crippen molar-refractivity contribution in [1.29, 1.82) is 0 Å². The summed E-state index contributed by atoms with van der Waals surface area (Å²) < 4.78 is 40.5. The second-order valence-corrected chi connectivity index (χ2v) is 6.36. The van der Waals surface area contributed by atoms with Crippen LogP contribution in [-0.2, 0) is 11.0 Å². The van der Waals surface area contributed by atoms with E-state index in [1.807, 2.05) is 0 Å². The number of benzene rings is 2. The molecule has 152 valence electrons. The number of alkyl halides is 3. The number of imide groups is 1. The summed E-state index contributed by atoms with van der Waals surface area (Å²) in [6.07, 6.45) is -2.20. The van der Waals surface area contributed by atoms with E-state index in [9.17, 15) is 27.6 Å². The van der Waals surface area contributed by atoms with Gasteiger partial charge in [-0.3, -0.25) is 19.3 Å². The maximum absolute atomic E-state index is 13.1. The van der Waals surface area contributed by atoms with Crippen LogP contribution in [0.25, 0.3) is 5.69 Å². The minimum Gasteiger partial charge on any atom is -0.323 e. The van der Waals surface area contributed by atoms with Gasteiger partial charge in [0.05, 0.1) is 28.1 Å². The van der Waals surface area contributed by atoms with Crippen LogP contribution in [0.5, 0.6) is 0 Å². The number of carbonyl (C=O) groups excluding carboxylic acids is 3. The molecule has 0 spiro atoms. The molecule has 0 saturated heterocycles. The number of hydrogen-bond donors (Lipinski definition) is 1. The lowest BCUT2D eigenvalue weighted by Crippen LogP contribution is -2.37. The molecule has 3 aromatic rings. The lowest BCUT2D eigenvalue weighted by molar-refractivity contribution is -0.137. The van der Waals surface area contributed by atoms with Crippen LogP contribution in [0.2, 0.25) is 0 Å². The van der Waals surface area contributed by atoms with Crippen molar-refractivity contribution in [2.75, 3.05) is 11.9 Å². The number of amides is 3. The first-order valence-corrected chi connectivity index (χ1v) is 8.57. The molecule has 8 nitrogen and oxygen atoms in total. The van der Waals surface area contributed by atoms with Crippen LogP contribution in [0.1, 0.15) is 26.3 Å². The van der Waals surface area contributed by atoms with Crippen LogP contribution in [0.3, 0.4) is 0 Å². The average molecular weight is 415 g/mol. The predicted octanol–water partition coefficient (Wildman–Crippen LogP) is 2.52. The lowest BCUT2D eigenvalue weighted by atomic mass is 10.1. The summed E-state index contributed by atoms with van der Waals surface area (Å²) in [4.78, 5) is 41.8. The van der Waals surface area contributed by atoms with Crippen LogP contribution in [0, 0.1) is 0 Å². The predicted molar refractivity (Wildman–Crippen MR) is 96.8 cm³/mol. The summed E-state index contributed by atoms with van der Waals surface area (Å²) in [7, 11) is 0. The average Bonchev–Trinajstić information content (AvgIpc) is 3.31. The van der Waals surface area contributed by atoms with Crippen LogP contribution in [0.4, 0.5) is 18.9 Å². The molecule has 0 bridgehead atoms. The zero-order chi connectivity index (χ0) is 21.5. The molecule has 4 rings (SSSR count). The van der Waals surface area contributed by atoms with Gasteiger partial charge in [0.15, 0.2) is 0 Å². The Morgan fingerprint density at radius 3 is 2.27 bits per heavy atom. The zero-order valence-corrected chi connectivity index (χ0v) is 15.1. The van der Waals surface area contributed by atoms with Crippen LogP contribution in [0.15, 0.2) is 55.1 Å². The third kappa shape index (κ3) is 3.41. The number of anilines is 1. The Hall–Kier alpha value is -4.02. The van der Waals surface area contributed by atoms with E-state index < -0.39 is 36.0 Å². The van der Waals surface area contributed by atoms with Crippen molar-refractivity contribution < 1.29 is 27.6 Å². The molecule has 0 aliphatic carbocycles. The highest BCUT2D eigenvalue weighted by Crippen LogP contribution is 2.33. The molecule has 3 amide bonds. The zero-order valence-electron chi connectivity index (χ0n) is 15.1. The summed E-state index contributed by atoms with van der Waals surface area (Å²) in [5.74, 6) is -2.14. The van der Waals surface area contributed by atoms with Crippen molar-refractivity contribution >= 4 is 23.4 Å². The maximum atomic E-state index is 13.1. The summed E-state index contributed by atoms with van der Waals surface area (Å²) in [6.45, 7) is -0.653. The molecule has 1 aliphatic rings. The Kier molecular flexibility index (Phi) is 4.57. The fourth-order valence-electron chi connectivity index (χ4n) is 3.06. The highest BCUT2D eigenvalue weighted by molar-refractivity contribution is 6.22. The Morgan fingerprint density at radius 1 is 1.03 bits per heavy atom. The van der Waals surface area contributed by atoms with E-state index in [1.54, 1.807) is 12.1 Å². The third-order valence-corrected chi connectivity index (χ3v) is 4.44. The highest BCUT2D eigenvalue weighted by Gasteiger charge is 2.36. The Balaban J connectivity index is 1.60. The number of rotatable bonds is 4. The van der Waals surface area contributed by atoms with E-state index in [1.165, 1.54) is 29.5 Å². The summed E-state index contributed by atoms with van der Waals surface area (Å²) in [5, 5.41) is 6.19. The normalized spacial score (nSPS) is 13.5. The number of carbonyl (C=O) groups is 3. The van der Waals surface area contributed by atoms with Crippen molar-refractivity contribution in [3.63, 3.8) is 0 Å². The van der Waals surface area contributed by atoms with Crippen molar-refractivity contribution in [2.24, 2.45) is 0 Å². The first-order valence-electron chi connectivity index (χ1n) is 8.57. The molecule has 2 aromatic carbocycles. The maximum Gasteiger partial charge on any atom is 0.416 e. The van der Waals surface area contributed by atoms with E-state index in [2.05, 4.69) is 15.4 Å².